The third kappa shape index (κ3) is 6.29. The van der Waals surface area contributed by atoms with E-state index >= 15 is 0 Å². The fourth-order valence-corrected chi connectivity index (χ4v) is 2.59. The van der Waals surface area contributed by atoms with Gasteiger partial charge in [0.1, 0.15) is 0 Å². The van der Waals surface area contributed by atoms with Crippen LogP contribution in [0.25, 0.3) is 0 Å². The van der Waals surface area contributed by atoms with Gasteiger partial charge in [0.25, 0.3) is 0 Å². The van der Waals surface area contributed by atoms with Crippen molar-refractivity contribution in [2.45, 2.75) is 72.4 Å². The van der Waals surface area contributed by atoms with Gasteiger partial charge >= 0.3 is 0 Å². The van der Waals surface area contributed by atoms with Gasteiger partial charge in [-0.2, -0.15) is 10.2 Å². The predicted octanol–water partition coefficient (Wildman–Crippen LogP) is 3.12. The molecule has 2 aromatic rings. The molecule has 0 radical (unpaired) electrons. The van der Waals surface area contributed by atoms with Gasteiger partial charge in [0, 0.05) is 17.6 Å². The Kier molecular flexibility index (Phi) is 8.86. The van der Waals surface area contributed by atoms with Gasteiger partial charge in [0.15, 0.2) is 0 Å². The molecule has 0 unspecified atom stereocenters. The lowest BCUT2D eigenvalue weighted by molar-refractivity contribution is 0.266. The summed E-state index contributed by atoms with van der Waals surface area (Å²) in [4.78, 5) is 0. The maximum Gasteiger partial charge on any atom is 0.0653 e. The molecule has 0 aliphatic heterocycles. The molecule has 0 spiro atoms. The van der Waals surface area contributed by atoms with Crippen LogP contribution in [0.1, 0.15) is 76.4 Å². The number of rotatable bonds is 7. The number of aliphatic hydroxyl groups is 2. The highest BCUT2D eigenvalue weighted by Gasteiger charge is 2.12. The zero-order valence-electron chi connectivity index (χ0n) is 16.5. The van der Waals surface area contributed by atoms with Gasteiger partial charge in [-0.1, -0.05) is 41.5 Å². The Hall–Kier alpha value is -1.66. The minimum Gasteiger partial charge on any atom is -0.394 e. The summed E-state index contributed by atoms with van der Waals surface area (Å²) in [7, 11) is 0. The summed E-state index contributed by atoms with van der Waals surface area (Å²) in [6, 6.07) is 4.13. The Labute approximate surface area is 151 Å². The Morgan fingerprint density at radius 3 is 1.88 bits per heavy atom. The van der Waals surface area contributed by atoms with E-state index < -0.39 is 0 Å². The average molecular weight is 351 g/mol. The van der Waals surface area contributed by atoms with E-state index in [0.717, 1.165) is 5.69 Å². The first-order valence-electron chi connectivity index (χ1n) is 9.12. The van der Waals surface area contributed by atoms with Crippen molar-refractivity contribution in [3.8, 4) is 0 Å². The third-order valence-corrected chi connectivity index (χ3v) is 3.98. The zero-order chi connectivity index (χ0) is 19.0. The number of nitrogens with zero attached hydrogens (tertiary/aromatic N) is 4. The van der Waals surface area contributed by atoms with Gasteiger partial charge in [0.2, 0.25) is 0 Å². The minimum atomic E-state index is 0.152. The Bertz CT molecular complexity index is 615. The fraction of sp³-hybridized carbons (Fsp3) is 0.684. The molecule has 0 bridgehead atoms. The molecular formula is C19H34N4O2. The van der Waals surface area contributed by atoms with E-state index in [4.69, 9.17) is 10.2 Å². The summed E-state index contributed by atoms with van der Waals surface area (Å²) in [6.07, 6.45) is 1.77. The highest BCUT2D eigenvalue weighted by molar-refractivity contribution is 5.16. The summed E-state index contributed by atoms with van der Waals surface area (Å²) < 4.78 is 3.75. The summed E-state index contributed by atoms with van der Waals surface area (Å²) in [5, 5.41) is 26.2. The van der Waals surface area contributed by atoms with Crippen molar-refractivity contribution >= 4 is 0 Å². The quantitative estimate of drug-likeness (QED) is 0.804. The molecule has 0 aliphatic rings. The maximum absolute atomic E-state index is 8.91. The second kappa shape index (κ2) is 10.4. The molecule has 0 aromatic carbocycles. The largest absolute Gasteiger partial charge is 0.394 e. The molecule has 25 heavy (non-hydrogen) atoms. The average Bonchev–Trinajstić information content (AvgIpc) is 3.15. The number of hydrogen-bond acceptors (Lipinski definition) is 4. The summed E-state index contributed by atoms with van der Waals surface area (Å²) >= 11 is 0. The van der Waals surface area contributed by atoms with Crippen molar-refractivity contribution in [2.75, 3.05) is 13.2 Å². The van der Waals surface area contributed by atoms with E-state index in [1.807, 2.05) is 15.4 Å². The van der Waals surface area contributed by atoms with Crippen molar-refractivity contribution in [1.82, 2.24) is 19.6 Å². The van der Waals surface area contributed by atoms with Crippen LogP contribution in [0.5, 0.6) is 0 Å². The van der Waals surface area contributed by atoms with Gasteiger partial charge in [-0.15, -0.1) is 0 Å². The maximum atomic E-state index is 8.91. The lowest BCUT2D eigenvalue weighted by atomic mass is 10.1. The summed E-state index contributed by atoms with van der Waals surface area (Å²) in [5.74, 6) is 1.39. The minimum absolute atomic E-state index is 0.152. The summed E-state index contributed by atoms with van der Waals surface area (Å²) in [6.45, 7) is 14.3. The van der Waals surface area contributed by atoms with Gasteiger partial charge in [-0.3, -0.25) is 9.36 Å². The molecule has 0 saturated heterocycles. The van der Waals surface area contributed by atoms with Crippen LogP contribution in [0, 0.1) is 0 Å². The molecule has 2 heterocycles. The van der Waals surface area contributed by atoms with Crippen LogP contribution in [0.2, 0.25) is 0 Å². The van der Waals surface area contributed by atoms with Crippen molar-refractivity contribution in [1.29, 1.82) is 0 Å². The van der Waals surface area contributed by atoms with E-state index in [1.54, 1.807) is 6.20 Å². The highest BCUT2D eigenvalue weighted by Crippen LogP contribution is 2.20. The molecule has 0 atom stereocenters. The monoisotopic (exact) mass is 350 g/mol. The van der Waals surface area contributed by atoms with Gasteiger partial charge < -0.3 is 10.2 Å². The molecule has 0 amide bonds. The lowest BCUT2D eigenvalue weighted by Crippen LogP contribution is -2.09. The number of aromatic nitrogens is 4. The Balaban J connectivity index is 0.000000257. The second-order valence-electron chi connectivity index (χ2n) is 7.11. The smallest absolute Gasteiger partial charge is 0.0653 e. The van der Waals surface area contributed by atoms with Crippen LogP contribution in [0.4, 0.5) is 0 Å². The molecule has 0 aliphatic carbocycles. The topological polar surface area (TPSA) is 76.1 Å². The van der Waals surface area contributed by atoms with E-state index in [9.17, 15) is 0 Å². The Morgan fingerprint density at radius 2 is 1.40 bits per heavy atom. The molecular weight excluding hydrogens is 316 g/mol. The molecule has 0 saturated carbocycles. The van der Waals surface area contributed by atoms with Crippen molar-refractivity contribution in [3.05, 3.63) is 35.4 Å². The SMILES string of the molecule is CC(C)c1cc(C(C)C)n(CCO)n1.CC(C)c1ccnn1CCO. The molecule has 2 N–H and O–H groups in total. The van der Waals surface area contributed by atoms with Crippen LogP contribution < -0.4 is 0 Å². The van der Waals surface area contributed by atoms with Crippen molar-refractivity contribution in [3.63, 3.8) is 0 Å². The molecule has 2 aromatic heterocycles. The van der Waals surface area contributed by atoms with Gasteiger partial charge in [-0.25, -0.2) is 0 Å². The zero-order valence-corrected chi connectivity index (χ0v) is 16.5. The van der Waals surface area contributed by atoms with Gasteiger partial charge in [-0.05, 0) is 29.9 Å². The Morgan fingerprint density at radius 1 is 0.840 bits per heavy atom. The van der Waals surface area contributed by atoms with Crippen LogP contribution in [-0.2, 0) is 13.1 Å². The first-order valence-corrected chi connectivity index (χ1v) is 9.12. The molecule has 2 rings (SSSR count). The molecule has 6 heteroatoms. The molecule has 142 valence electrons. The first-order chi connectivity index (χ1) is 11.8. The molecule has 6 nitrogen and oxygen atoms in total. The lowest BCUT2D eigenvalue weighted by Gasteiger charge is -2.07. The second-order valence-corrected chi connectivity index (χ2v) is 7.11. The molecule has 0 fully saturated rings. The van der Waals surface area contributed by atoms with Crippen LogP contribution in [0.15, 0.2) is 18.3 Å². The predicted molar refractivity (Wildman–Crippen MR) is 101 cm³/mol. The first kappa shape index (κ1) is 21.4. The normalized spacial score (nSPS) is 11.3. The van der Waals surface area contributed by atoms with E-state index in [-0.39, 0.29) is 13.2 Å². The van der Waals surface area contributed by atoms with Crippen LogP contribution >= 0.6 is 0 Å². The van der Waals surface area contributed by atoms with Gasteiger partial charge in [0.05, 0.1) is 32.0 Å². The van der Waals surface area contributed by atoms with E-state index in [1.165, 1.54) is 11.4 Å². The van der Waals surface area contributed by atoms with Crippen molar-refractivity contribution < 1.29 is 10.2 Å². The van der Waals surface area contributed by atoms with Crippen molar-refractivity contribution in [2.24, 2.45) is 0 Å². The standard InChI is InChI=1S/C11H20N2O.C8H14N2O/c1-8(2)10-7-11(9(3)4)13(12-10)5-6-14;1-7(2)8-3-4-9-10(8)5-6-11/h7-9,14H,5-6H2,1-4H3;3-4,7,11H,5-6H2,1-2H3. The van der Waals surface area contributed by atoms with E-state index in [0.29, 0.717) is 30.8 Å². The highest BCUT2D eigenvalue weighted by atomic mass is 16.3. The van der Waals surface area contributed by atoms with E-state index in [2.05, 4.69) is 57.8 Å². The number of hydrogen-bond donors (Lipinski definition) is 2. The van der Waals surface area contributed by atoms with Crippen LogP contribution in [0.3, 0.4) is 0 Å². The third-order valence-electron chi connectivity index (χ3n) is 3.98. The number of aliphatic hydroxyl groups excluding tert-OH is 2. The fourth-order valence-electron chi connectivity index (χ4n) is 2.59. The summed E-state index contributed by atoms with van der Waals surface area (Å²) in [5.41, 5.74) is 3.50. The van der Waals surface area contributed by atoms with Crippen LogP contribution in [-0.4, -0.2) is 43.0 Å².